The molecule has 1 fully saturated rings. The predicted molar refractivity (Wildman–Crippen MR) is 106 cm³/mol. The van der Waals surface area contributed by atoms with Gasteiger partial charge < -0.3 is 9.80 Å². The lowest BCUT2D eigenvalue weighted by molar-refractivity contribution is 0.0746. The van der Waals surface area contributed by atoms with Crippen molar-refractivity contribution in [3.63, 3.8) is 0 Å². The Bertz CT molecular complexity index is 908. The Morgan fingerprint density at radius 2 is 1.92 bits per heavy atom. The molecule has 3 heterocycles. The van der Waals surface area contributed by atoms with Crippen molar-refractivity contribution in [1.29, 1.82) is 0 Å². The minimum absolute atomic E-state index is 0.128. The number of hydrogen-bond acceptors (Lipinski definition) is 4. The van der Waals surface area contributed by atoms with Gasteiger partial charge in [-0.15, -0.1) is 11.3 Å². The number of rotatable bonds is 3. The zero-order valence-electron chi connectivity index (χ0n) is 15.0. The zero-order chi connectivity index (χ0) is 18.1. The molecule has 0 unspecified atom stereocenters. The summed E-state index contributed by atoms with van der Waals surface area (Å²) < 4.78 is 0. The second-order valence-corrected chi connectivity index (χ2v) is 7.66. The number of benzene rings is 1. The highest BCUT2D eigenvalue weighted by Crippen LogP contribution is 2.26. The van der Waals surface area contributed by atoms with Gasteiger partial charge in [-0.3, -0.25) is 9.89 Å². The van der Waals surface area contributed by atoms with Gasteiger partial charge in [0.15, 0.2) is 5.82 Å². The smallest absolute Gasteiger partial charge is 0.254 e. The van der Waals surface area contributed by atoms with Gasteiger partial charge in [0, 0.05) is 37.8 Å². The molecule has 134 valence electrons. The van der Waals surface area contributed by atoms with Crippen molar-refractivity contribution < 1.29 is 4.79 Å². The van der Waals surface area contributed by atoms with Crippen LogP contribution in [-0.2, 0) is 0 Å². The van der Waals surface area contributed by atoms with E-state index in [0.717, 1.165) is 35.7 Å². The number of carbonyl (C=O) groups is 1. The lowest BCUT2D eigenvalue weighted by Crippen LogP contribution is -2.49. The van der Waals surface area contributed by atoms with Crippen LogP contribution in [0.1, 0.15) is 21.5 Å². The zero-order valence-corrected chi connectivity index (χ0v) is 15.8. The topological polar surface area (TPSA) is 52.2 Å². The van der Waals surface area contributed by atoms with Gasteiger partial charge in [0.05, 0.1) is 10.6 Å². The summed E-state index contributed by atoms with van der Waals surface area (Å²) in [6, 6.07) is 12.2. The highest BCUT2D eigenvalue weighted by atomic mass is 32.1. The molecule has 1 saturated heterocycles. The number of piperazine rings is 1. The van der Waals surface area contributed by atoms with Crippen molar-refractivity contribution in [2.45, 2.75) is 13.8 Å². The van der Waals surface area contributed by atoms with Gasteiger partial charge in [-0.25, -0.2) is 0 Å². The first kappa shape index (κ1) is 16.8. The van der Waals surface area contributed by atoms with Crippen molar-refractivity contribution in [1.82, 2.24) is 15.1 Å². The summed E-state index contributed by atoms with van der Waals surface area (Å²) in [6.07, 6.45) is 0. The third kappa shape index (κ3) is 3.24. The van der Waals surface area contributed by atoms with Crippen LogP contribution in [0.3, 0.4) is 0 Å². The van der Waals surface area contributed by atoms with Gasteiger partial charge in [0.25, 0.3) is 5.91 Å². The van der Waals surface area contributed by atoms with E-state index in [2.05, 4.69) is 38.7 Å². The molecule has 0 radical (unpaired) electrons. The first-order chi connectivity index (χ1) is 12.6. The van der Waals surface area contributed by atoms with E-state index in [1.165, 1.54) is 10.4 Å². The van der Waals surface area contributed by atoms with Gasteiger partial charge in [-0.05, 0) is 36.9 Å². The first-order valence-corrected chi connectivity index (χ1v) is 9.70. The van der Waals surface area contributed by atoms with Gasteiger partial charge in [0.2, 0.25) is 0 Å². The highest BCUT2D eigenvalue weighted by Gasteiger charge is 2.24. The Balaban J connectivity index is 1.42. The summed E-state index contributed by atoms with van der Waals surface area (Å²) in [5.74, 6) is 1.08. The molecule has 0 spiro atoms. The summed E-state index contributed by atoms with van der Waals surface area (Å²) in [7, 11) is 0. The van der Waals surface area contributed by atoms with E-state index in [0.29, 0.717) is 13.1 Å². The maximum atomic E-state index is 12.8. The number of anilines is 1. The Labute approximate surface area is 157 Å². The fourth-order valence-corrected chi connectivity index (χ4v) is 4.09. The number of aromatic amines is 1. The molecule has 0 aliphatic carbocycles. The summed E-state index contributed by atoms with van der Waals surface area (Å²) in [4.78, 5) is 18.2. The average molecular weight is 366 g/mol. The number of amides is 1. The number of nitrogens with one attached hydrogen (secondary N) is 1. The Morgan fingerprint density at radius 3 is 2.62 bits per heavy atom. The van der Waals surface area contributed by atoms with Gasteiger partial charge >= 0.3 is 0 Å². The highest BCUT2D eigenvalue weighted by molar-refractivity contribution is 7.13. The second-order valence-electron chi connectivity index (χ2n) is 6.71. The lowest BCUT2D eigenvalue weighted by Gasteiger charge is -2.35. The number of aromatic nitrogens is 2. The molecular formula is C20H22N4OS. The largest absolute Gasteiger partial charge is 0.352 e. The average Bonchev–Trinajstić information content (AvgIpc) is 3.33. The molecular weight excluding hydrogens is 344 g/mol. The first-order valence-electron chi connectivity index (χ1n) is 8.82. The third-order valence-electron chi connectivity index (χ3n) is 4.85. The monoisotopic (exact) mass is 366 g/mol. The van der Waals surface area contributed by atoms with Crippen molar-refractivity contribution >= 4 is 23.1 Å². The normalized spacial score (nSPS) is 14.7. The number of nitrogens with zero attached hydrogens (tertiary/aromatic N) is 3. The summed E-state index contributed by atoms with van der Waals surface area (Å²) in [5.41, 5.74) is 4.09. The van der Waals surface area contributed by atoms with Crippen LogP contribution in [0.2, 0.25) is 0 Å². The Kier molecular flexibility index (Phi) is 4.51. The van der Waals surface area contributed by atoms with E-state index in [-0.39, 0.29) is 5.91 Å². The van der Waals surface area contributed by atoms with Crippen molar-refractivity contribution in [3.05, 3.63) is 58.5 Å². The number of H-pyrrole nitrogens is 1. The van der Waals surface area contributed by atoms with E-state index < -0.39 is 0 Å². The van der Waals surface area contributed by atoms with Gasteiger partial charge in [0.1, 0.15) is 0 Å². The molecule has 1 aliphatic heterocycles. The molecule has 4 rings (SSSR count). The minimum atomic E-state index is 0.128. The van der Waals surface area contributed by atoms with E-state index >= 15 is 0 Å². The van der Waals surface area contributed by atoms with Crippen LogP contribution in [0.4, 0.5) is 5.82 Å². The minimum Gasteiger partial charge on any atom is -0.352 e. The fourth-order valence-electron chi connectivity index (χ4n) is 3.39. The molecule has 26 heavy (non-hydrogen) atoms. The van der Waals surface area contributed by atoms with Crippen LogP contribution in [0, 0.1) is 13.8 Å². The van der Waals surface area contributed by atoms with Crippen molar-refractivity contribution in [3.8, 4) is 10.6 Å². The Morgan fingerprint density at radius 1 is 1.12 bits per heavy atom. The van der Waals surface area contributed by atoms with Crippen molar-refractivity contribution in [2.24, 2.45) is 0 Å². The number of thiophene rings is 1. The molecule has 6 heteroatoms. The van der Waals surface area contributed by atoms with Crippen LogP contribution >= 0.6 is 11.3 Å². The summed E-state index contributed by atoms with van der Waals surface area (Å²) in [6.45, 7) is 7.08. The van der Waals surface area contributed by atoms with E-state index in [4.69, 9.17) is 0 Å². The fraction of sp³-hybridized carbons (Fsp3) is 0.300. The molecule has 5 nitrogen and oxygen atoms in total. The predicted octanol–water partition coefficient (Wildman–Crippen LogP) is 3.72. The van der Waals surface area contributed by atoms with Crippen LogP contribution in [0.5, 0.6) is 0 Å². The molecule has 3 aromatic rings. The maximum absolute atomic E-state index is 12.8. The summed E-state index contributed by atoms with van der Waals surface area (Å²) >= 11 is 1.70. The molecule has 1 aromatic carbocycles. The quantitative estimate of drug-likeness (QED) is 0.769. The molecule has 2 aromatic heterocycles. The number of carbonyl (C=O) groups excluding carboxylic acids is 1. The van der Waals surface area contributed by atoms with E-state index in [1.807, 2.05) is 36.9 Å². The van der Waals surface area contributed by atoms with Crippen LogP contribution < -0.4 is 4.90 Å². The second kappa shape index (κ2) is 6.96. The van der Waals surface area contributed by atoms with Gasteiger partial charge in [-0.1, -0.05) is 23.8 Å². The molecule has 0 bridgehead atoms. The van der Waals surface area contributed by atoms with Crippen LogP contribution in [0.15, 0.2) is 41.8 Å². The molecule has 1 N–H and O–H groups in total. The molecule has 1 aliphatic rings. The number of hydrogen-bond donors (Lipinski definition) is 1. The standard InChI is InChI=1S/C20H22N4OS/c1-14-5-6-16(15(2)12-14)20(25)24-9-7-23(8-10-24)19-13-17(21-22-19)18-4-3-11-26-18/h3-6,11-13H,7-10H2,1-2H3,(H,21,22). The van der Waals surface area contributed by atoms with Crippen molar-refractivity contribution in [2.75, 3.05) is 31.1 Å². The molecule has 0 atom stereocenters. The molecule has 1 amide bonds. The maximum Gasteiger partial charge on any atom is 0.254 e. The SMILES string of the molecule is Cc1ccc(C(=O)N2CCN(c3cc(-c4cccs4)[nH]n3)CC2)c(C)c1. The number of aryl methyl sites for hydroxylation is 2. The lowest BCUT2D eigenvalue weighted by atomic mass is 10.0. The third-order valence-corrected chi connectivity index (χ3v) is 5.76. The Hall–Kier alpha value is -2.60. The van der Waals surface area contributed by atoms with Crippen LogP contribution in [0.25, 0.3) is 10.6 Å². The van der Waals surface area contributed by atoms with E-state index in [1.54, 1.807) is 11.3 Å². The molecule has 0 saturated carbocycles. The summed E-state index contributed by atoms with van der Waals surface area (Å²) in [5, 5.41) is 9.63. The van der Waals surface area contributed by atoms with Gasteiger partial charge in [-0.2, -0.15) is 5.10 Å². The van der Waals surface area contributed by atoms with Crippen LogP contribution in [-0.4, -0.2) is 47.2 Å². The van der Waals surface area contributed by atoms with E-state index in [9.17, 15) is 4.79 Å².